The fourth-order valence-electron chi connectivity index (χ4n) is 18.1. The SMILES string of the molecule is Cc1ccc(S(=O)(=O)N=S(=O)(NC23CC4C5CC6CC4C(C2)C(C6)C5C3)c2ccc(C)cc2)cc1.Cc1ccc(S(=O)(=O)N=S(=O)(NC23CC4C5CC6CC4C(C2)C(C6)C5C3)c2ccc(C)cc2)cc1. The number of nitrogens with one attached hydrogen (secondary N) is 2. The maximum Gasteiger partial charge on any atom is 0.291 e. The van der Waals surface area contributed by atoms with Crippen LogP contribution in [-0.2, 0) is 39.9 Å². The van der Waals surface area contributed by atoms with E-state index >= 15 is 0 Å². The summed E-state index contributed by atoms with van der Waals surface area (Å²) >= 11 is 0. The van der Waals surface area contributed by atoms with Crippen LogP contribution in [0.2, 0.25) is 0 Å². The molecule has 10 nitrogen and oxygen atoms in total. The highest BCUT2D eigenvalue weighted by molar-refractivity contribution is 8.02. The van der Waals surface area contributed by atoms with Crippen molar-refractivity contribution in [3.8, 4) is 0 Å². The van der Waals surface area contributed by atoms with Crippen molar-refractivity contribution in [2.45, 2.75) is 135 Å². The van der Waals surface area contributed by atoms with E-state index < -0.39 is 39.9 Å². The predicted octanol–water partition coefficient (Wildman–Crippen LogP) is 11.0. The molecule has 14 saturated carbocycles. The summed E-state index contributed by atoms with van der Waals surface area (Å²) in [5.74, 6) is 11.0. The van der Waals surface area contributed by atoms with E-state index in [9.17, 15) is 25.3 Å². The highest BCUT2D eigenvalue weighted by Gasteiger charge is 2.69. The topological polar surface area (TPSA) is 151 Å². The summed E-state index contributed by atoms with van der Waals surface area (Å²) in [7, 11) is -15.0. The molecular weight excluding hydrogens is 953 g/mol. The van der Waals surface area contributed by atoms with Gasteiger partial charge in [-0.1, -0.05) is 78.3 Å². The third-order valence-electron chi connectivity index (χ3n) is 20.4. The van der Waals surface area contributed by atoms with Crippen LogP contribution in [0.15, 0.2) is 124 Å². The first-order valence-corrected chi connectivity index (χ1v) is 32.1. The Morgan fingerprint density at radius 1 is 0.343 bits per heavy atom. The monoisotopic (exact) mass is 1020 g/mol. The second-order valence-corrected chi connectivity index (χ2v) is 32.0. The number of benzene rings is 4. The minimum atomic E-state index is -4.11. The third-order valence-corrected chi connectivity index (χ3v) is 28.7. The molecule has 0 aromatic heterocycles. The Balaban J connectivity index is 0.000000137. The van der Waals surface area contributed by atoms with Gasteiger partial charge in [0.1, 0.15) is 0 Å². The van der Waals surface area contributed by atoms with Gasteiger partial charge in [-0.15, -0.1) is 0 Å². The standard InChI is InChI=1S/2C28H34N2O3S2/c2*1-17-3-7-20(8-4-17)34(31,30-35(32,33)21-9-5-18(2)6-10-21)29-28-14-25-22-11-19-12-23(25)27(16-28)24(13-19)26(22)15-28/h2*3-10,19,22-27H,11-16H2,1-2H3,(H,29,30,31). The average Bonchev–Trinajstić information content (AvgIpc) is 3.32. The lowest BCUT2D eigenvalue weighted by Crippen LogP contribution is -2.71. The summed E-state index contributed by atoms with van der Waals surface area (Å²) in [5.41, 5.74) is 3.44. The minimum absolute atomic E-state index is 0.0882. The normalized spacial score (nSPS) is 40.1. The van der Waals surface area contributed by atoms with E-state index in [0.717, 1.165) is 108 Å². The second kappa shape index (κ2) is 16.1. The average molecular weight is 1020 g/mol. The summed E-state index contributed by atoms with van der Waals surface area (Å²) in [6.45, 7) is 7.78. The molecule has 2 unspecified atom stereocenters. The maximum atomic E-state index is 14.7. The van der Waals surface area contributed by atoms with Gasteiger partial charge < -0.3 is 0 Å². The maximum absolute atomic E-state index is 14.7. The summed E-state index contributed by atoms with van der Waals surface area (Å²) in [6, 6.07) is 28.0. The molecule has 0 radical (unpaired) electrons. The van der Waals surface area contributed by atoms with Crippen LogP contribution >= 0.6 is 0 Å². The molecule has 14 aliphatic rings. The van der Waals surface area contributed by atoms with Crippen molar-refractivity contribution >= 4 is 39.9 Å². The number of hydrogen-bond acceptors (Lipinski definition) is 6. The molecule has 70 heavy (non-hydrogen) atoms. The number of rotatable bonds is 10. The largest absolute Gasteiger partial charge is 0.291 e. The van der Waals surface area contributed by atoms with Crippen LogP contribution in [0.3, 0.4) is 0 Å². The van der Waals surface area contributed by atoms with Crippen LogP contribution in [-0.4, -0.2) is 36.3 Å². The lowest BCUT2D eigenvalue weighted by molar-refractivity contribution is -0.212. The molecule has 14 aliphatic carbocycles. The summed E-state index contributed by atoms with van der Waals surface area (Å²) in [5, 5.41) is 0. The molecular formula is C56H68N4O6S4. The lowest BCUT2D eigenvalue weighted by atomic mass is 9.34. The van der Waals surface area contributed by atoms with Gasteiger partial charge >= 0.3 is 0 Å². The second-order valence-electron chi connectivity index (χ2n) is 24.5. The molecule has 372 valence electrons. The van der Waals surface area contributed by atoms with Crippen molar-refractivity contribution in [1.82, 2.24) is 9.44 Å². The molecule has 16 bridgehead atoms. The van der Waals surface area contributed by atoms with Gasteiger partial charge in [-0.25, -0.2) is 17.9 Å². The molecule has 18 rings (SSSR count). The molecule has 4 aromatic carbocycles. The minimum Gasteiger partial charge on any atom is -0.228 e. The molecule has 0 amide bonds. The highest BCUT2D eigenvalue weighted by Crippen LogP contribution is 2.73. The summed E-state index contributed by atoms with van der Waals surface area (Å²) in [4.78, 5) is 1.09. The molecule has 4 aromatic rings. The first-order chi connectivity index (χ1) is 33.3. The first kappa shape index (κ1) is 46.4. The lowest BCUT2D eigenvalue weighted by Gasteiger charge is -2.72. The summed E-state index contributed by atoms with van der Waals surface area (Å²) < 4.78 is 98.6. The van der Waals surface area contributed by atoms with E-state index in [1.165, 1.54) is 38.5 Å². The summed E-state index contributed by atoms with van der Waals surface area (Å²) in [6.07, 6.45) is 14.3. The van der Waals surface area contributed by atoms with Crippen molar-refractivity contribution in [3.05, 3.63) is 119 Å². The van der Waals surface area contributed by atoms with Crippen LogP contribution < -0.4 is 9.44 Å². The van der Waals surface area contributed by atoms with E-state index in [0.29, 0.717) is 45.3 Å². The molecule has 14 fully saturated rings. The van der Waals surface area contributed by atoms with Crippen LogP contribution in [0.25, 0.3) is 0 Å². The highest BCUT2D eigenvalue weighted by atomic mass is 32.3. The van der Waals surface area contributed by atoms with Gasteiger partial charge in [0.05, 0.1) is 19.6 Å². The zero-order valence-corrected chi connectivity index (χ0v) is 44.0. The molecule has 2 atom stereocenters. The van der Waals surface area contributed by atoms with Crippen molar-refractivity contribution < 1.29 is 25.3 Å². The molecule has 14 heteroatoms. The number of nitrogens with zero attached hydrogens (tertiary/aromatic N) is 2. The Kier molecular flexibility index (Phi) is 10.6. The molecule has 0 heterocycles. The number of hydrogen-bond donors (Lipinski definition) is 2. The Labute approximate surface area is 417 Å². The fourth-order valence-corrected chi connectivity index (χ4v) is 25.9. The number of sulfonamides is 2. The van der Waals surface area contributed by atoms with Crippen molar-refractivity contribution in [2.75, 3.05) is 0 Å². The van der Waals surface area contributed by atoms with Crippen LogP contribution in [0.4, 0.5) is 0 Å². The molecule has 0 saturated heterocycles. The van der Waals surface area contributed by atoms with E-state index in [-0.39, 0.29) is 20.9 Å². The number of aryl methyl sites for hydroxylation is 4. The fraction of sp³-hybridized carbons (Fsp3) is 0.571. The van der Waals surface area contributed by atoms with Crippen molar-refractivity contribution in [3.63, 3.8) is 0 Å². The van der Waals surface area contributed by atoms with Gasteiger partial charge in [-0.05, 0) is 236 Å². The van der Waals surface area contributed by atoms with Gasteiger partial charge in [0.15, 0.2) is 19.8 Å². The molecule has 0 spiro atoms. The van der Waals surface area contributed by atoms with Crippen molar-refractivity contribution in [2.24, 2.45) is 90.4 Å². The first-order valence-electron chi connectivity index (χ1n) is 26.2. The zero-order valence-electron chi connectivity index (χ0n) is 40.8. The van der Waals surface area contributed by atoms with E-state index in [1.807, 2.05) is 52.0 Å². The van der Waals surface area contributed by atoms with Crippen LogP contribution in [0.5, 0.6) is 0 Å². The van der Waals surface area contributed by atoms with Crippen LogP contribution in [0, 0.1) is 111 Å². The van der Waals surface area contributed by atoms with E-state index in [4.69, 9.17) is 0 Å². The van der Waals surface area contributed by atoms with Crippen molar-refractivity contribution in [1.29, 1.82) is 0 Å². The zero-order chi connectivity index (χ0) is 48.3. The van der Waals surface area contributed by atoms with Gasteiger partial charge in [0.2, 0.25) is 0 Å². The van der Waals surface area contributed by atoms with Gasteiger partial charge in [0, 0.05) is 11.1 Å². The van der Waals surface area contributed by atoms with E-state index in [1.54, 1.807) is 72.8 Å². The Hall–Kier alpha value is -3.40. The molecule has 2 N–H and O–H groups in total. The Morgan fingerprint density at radius 3 is 0.786 bits per heavy atom. The third kappa shape index (κ3) is 7.50. The van der Waals surface area contributed by atoms with Crippen LogP contribution in [0.1, 0.15) is 99.3 Å². The molecule has 0 aliphatic heterocycles. The Bertz CT molecular complexity index is 2910. The van der Waals surface area contributed by atoms with Gasteiger partial charge in [-0.3, -0.25) is 0 Å². The predicted molar refractivity (Wildman–Crippen MR) is 273 cm³/mol. The smallest absolute Gasteiger partial charge is 0.228 e. The Morgan fingerprint density at radius 2 is 0.557 bits per heavy atom. The van der Waals surface area contributed by atoms with E-state index in [2.05, 4.69) is 17.0 Å². The quantitative estimate of drug-likeness (QED) is 0.161. The van der Waals surface area contributed by atoms with Gasteiger partial charge in [-0.2, -0.15) is 16.8 Å². The van der Waals surface area contributed by atoms with Gasteiger partial charge in [0.25, 0.3) is 20.0 Å².